The summed E-state index contributed by atoms with van der Waals surface area (Å²) in [6.07, 6.45) is 9.40. The quantitative estimate of drug-likeness (QED) is 0.693. The zero-order valence-corrected chi connectivity index (χ0v) is 10.9. The molecule has 1 atom stereocenters. The predicted octanol–water partition coefficient (Wildman–Crippen LogP) is 1.73. The Kier molecular flexibility index (Phi) is 2.06. The van der Waals surface area contributed by atoms with Crippen LogP contribution in [0.3, 0.4) is 0 Å². The fourth-order valence-corrected chi connectivity index (χ4v) is 4.57. The van der Waals surface area contributed by atoms with Gasteiger partial charge in [0.2, 0.25) is 0 Å². The van der Waals surface area contributed by atoms with E-state index >= 15 is 0 Å². The summed E-state index contributed by atoms with van der Waals surface area (Å²) in [7, 11) is 2.21. The number of hydrogen-bond acceptors (Lipinski definition) is 3. The lowest BCUT2D eigenvalue weighted by Crippen LogP contribution is -2.73. The summed E-state index contributed by atoms with van der Waals surface area (Å²) >= 11 is 0. The Balaban J connectivity index is 1.61. The monoisotopic (exact) mass is 236 g/mol. The summed E-state index contributed by atoms with van der Waals surface area (Å²) in [5.41, 5.74) is 0.773. The lowest BCUT2D eigenvalue weighted by atomic mass is 9.51. The molecule has 1 N–H and O–H groups in total. The van der Waals surface area contributed by atoms with Gasteiger partial charge in [0.1, 0.15) is 5.72 Å². The highest BCUT2D eigenvalue weighted by Crippen LogP contribution is 2.62. The smallest absolute Gasteiger partial charge is 0.134 e. The molecule has 0 radical (unpaired) electrons. The highest BCUT2D eigenvalue weighted by atomic mass is 16.5. The standard InChI is InChI=1S/C14H24N2O/c1-16-9-8-14(11-16)15-10-12(4-2-5-12)13(17-14)6-3-7-13/h15H,2-11H2,1H3. The summed E-state index contributed by atoms with van der Waals surface area (Å²) in [6.45, 7) is 3.46. The second-order valence-electron chi connectivity index (χ2n) is 6.92. The molecule has 2 saturated heterocycles. The third-order valence-corrected chi connectivity index (χ3v) is 6.00. The Morgan fingerprint density at radius 1 is 1.06 bits per heavy atom. The molecule has 3 heteroatoms. The molecule has 0 bridgehead atoms. The number of likely N-dealkylation sites (N-methyl/N-ethyl adjacent to an activating group) is 1. The van der Waals surface area contributed by atoms with Crippen LogP contribution in [0.25, 0.3) is 0 Å². The SMILES string of the molecule is CN1CCC2(C1)NCC1(CCC1)C1(CCC1)O2. The van der Waals surface area contributed by atoms with Crippen molar-refractivity contribution < 1.29 is 4.74 Å². The van der Waals surface area contributed by atoms with Crippen molar-refractivity contribution in [3.63, 3.8) is 0 Å². The highest BCUT2D eigenvalue weighted by molar-refractivity contribution is 5.15. The molecule has 96 valence electrons. The van der Waals surface area contributed by atoms with E-state index < -0.39 is 0 Å². The van der Waals surface area contributed by atoms with Crippen molar-refractivity contribution in [2.24, 2.45) is 5.41 Å². The van der Waals surface area contributed by atoms with Crippen molar-refractivity contribution in [1.82, 2.24) is 10.2 Å². The van der Waals surface area contributed by atoms with Crippen molar-refractivity contribution >= 4 is 0 Å². The normalized spacial score (nSPS) is 42.9. The molecule has 3 nitrogen and oxygen atoms in total. The van der Waals surface area contributed by atoms with Crippen LogP contribution in [0.4, 0.5) is 0 Å². The van der Waals surface area contributed by atoms with Crippen LogP contribution in [0.2, 0.25) is 0 Å². The van der Waals surface area contributed by atoms with E-state index in [0.717, 1.165) is 6.54 Å². The fraction of sp³-hybridized carbons (Fsp3) is 1.00. The Labute approximate surface area is 104 Å². The number of nitrogens with one attached hydrogen (secondary N) is 1. The van der Waals surface area contributed by atoms with E-state index in [1.54, 1.807) is 0 Å². The second kappa shape index (κ2) is 3.25. The van der Waals surface area contributed by atoms with E-state index in [9.17, 15) is 0 Å². The summed E-state index contributed by atoms with van der Waals surface area (Å²) in [4.78, 5) is 2.40. The van der Waals surface area contributed by atoms with E-state index in [4.69, 9.17) is 4.74 Å². The van der Waals surface area contributed by atoms with Crippen LogP contribution in [0, 0.1) is 5.41 Å². The average Bonchev–Trinajstić information content (AvgIpc) is 2.55. The fourth-order valence-electron chi connectivity index (χ4n) is 4.57. The molecular formula is C14H24N2O. The van der Waals surface area contributed by atoms with Crippen LogP contribution in [-0.4, -0.2) is 42.9 Å². The molecule has 1 unspecified atom stereocenters. The highest BCUT2D eigenvalue weighted by Gasteiger charge is 2.64. The Morgan fingerprint density at radius 3 is 2.29 bits per heavy atom. The molecule has 0 aromatic rings. The molecular weight excluding hydrogens is 212 g/mol. The average molecular weight is 236 g/mol. The second-order valence-corrected chi connectivity index (χ2v) is 6.92. The summed E-state index contributed by atoms with van der Waals surface area (Å²) in [5.74, 6) is 0. The first kappa shape index (κ1) is 10.8. The molecule has 0 amide bonds. The minimum Gasteiger partial charge on any atom is -0.352 e. The van der Waals surface area contributed by atoms with Crippen molar-refractivity contribution in [3.8, 4) is 0 Å². The van der Waals surface area contributed by atoms with Gasteiger partial charge in [-0.15, -0.1) is 0 Å². The molecule has 4 fully saturated rings. The molecule has 17 heavy (non-hydrogen) atoms. The maximum atomic E-state index is 6.73. The van der Waals surface area contributed by atoms with Gasteiger partial charge in [-0.2, -0.15) is 0 Å². The lowest BCUT2D eigenvalue weighted by Gasteiger charge is -2.66. The number of hydrogen-bond donors (Lipinski definition) is 1. The van der Waals surface area contributed by atoms with Crippen molar-refractivity contribution in [3.05, 3.63) is 0 Å². The van der Waals surface area contributed by atoms with Crippen LogP contribution in [-0.2, 0) is 4.74 Å². The molecule has 4 aliphatic rings. The zero-order valence-electron chi connectivity index (χ0n) is 10.9. The minimum absolute atomic E-state index is 0.00396. The van der Waals surface area contributed by atoms with Gasteiger partial charge in [-0.3, -0.25) is 5.32 Å². The van der Waals surface area contributed by atoms with Crippen LogP contribution in [0.15, 0.2) is 0 Å². The van der Waals surface area contributed by atoms with Gasteiger partial charge in [-0.05, 0) is 39.2 Å². The molecule has 3 spiro atoms. The van der Waals surface area contributed by atoms with E-state index in [2.05, 4.69) is 17.3 Å². The zero-order chi connectivity index (χ0) is 11.6. The maximum absolute atomic E-state index is 6.73. The van der Waals surface area contributed by atoms with E-state index in [0.29, 0.717) is 5.41 Å². The number of ether oxygens (including phenoxy) is 1. The van der Waals surface area contributed by atoms with E-state index in [1.807, 2.05) is 0 Å². The molecule has 4 rings (SSSR count). The van der Waals surface area contributed by atoms with Gasteiger partial charge in [0.25, 0.3) is 0 Å². The molecule has 2 aliphatic heterocycles. The Hall–Kier alpha value is -0.120. The third-order valence-electron chi connectivity index (χ3n) is 6.00. The largest absolute Gasteiger partial charge is 0.352 e. The summed E-state index contributed by atoms with van der Waals surface area (Å²) in [5, 5.41) is 3.78. The lowest BCUT2D eigenvalue weighted by molar-refractivity contribution is -0.301. The number of fused-ring (bicyclic) bond motifs is 1. The summed E-state index contributed by atoms with van der Waals surface area (Å²) in [6, 6.07) is 0. The molecule has 0 aromatic carbocycles. The number of likely N-dealkylation sites (tertiary alicyclic amines) is 1. The van der Waals surface area contributed by atoms with Crippen molar-refractivity contribution in [2.45, 2.75) is 56.3 Å². The first-order valence-electron chi connectivity index (χ1n) is 7.32. The number of rotatable bonds is 0. The van der Waals surface area contributed by atoms with Crippen LogP contribution in [0.5, 0.6) is 0 Å². The van der Waals surface area contributed by atoms with Crippen molar-refractivity contribution in [2.75, 3.05) is 26.7 Å². The van der Waals surface area contributed by atoms with Gasteiger partial charge in [0.05, 0.1) is 5.60 Å². The first-order chi connectivity index (χ1) is 8.18. The predicted molar refractivity (Wildman–Crippen MR) is 66.8 cm³/mol. The van der Waals surface area contributed by atoms with Gasteiger partial charge < -0.3 is 9.64 Å². The van der Waals surface area contributed by atoms with Gasteiger partial charge in [-0.1, -0.05) is 6.42 Å². The molecule has 2 aliphatic carbocycles. The Bertz CT molecular complexity index is 335. The molecule has 2 heterocycles. The van der Waals surface area contributed by atoms with Crippen LogP contribution < -0.4 is 5.32 Å². The van der Waals surface area contributed by atoms with Gasteiger partial charge in [-0.25, -0.2) is 0 Å². The van der Waals surface area contributed by atoms with E-state index in [1.165, 1.54) is 58.0 Å². The van der Waals surface area contributed by atoms with Crippen molar-refractivity contribution in [1.29, 1.82) is 0 Å². The third kappa shape index (κ3) is 1.28. The van der Waals surface area contributed by atoms with Gasteiger partial charge in [0, 0.05) is 31.5 Å². The minimum atomic E-state index is -0.00396. The van der Waals surface area contributed by atoms with E-state index in [-0.39, 0.29) is 11.3 Å². The number of nitrogens with zero attached hydrogens (tertiary/aromatic N) is 1. The topological polar surface area (TPSA) is 24.5 Å². The van der Waals surface area contributed by atoms with Crippen LogP contribution >= 0.6 is 0 Å². The Morgan fingerprint density at radius 2 is 1.82 bits per heavy atom. The molecule has 2 saturated carbocycles. The first-order valence-corrected chi connectivity index (χ1v) is 7.32. The van der Waals surface area contributed by atoms with Gasteiger partial charge in [0.15, 0.2) is 0 Å². The van der Waals surface area contributed by atoms with Crippen LogP contribution in [0.1, 0.15) is 44.9 Å². The summed E-state index contributed by atoms with van der Waals surface area (Å²) < 4.78 is 6.73. The maximum Gasteiger partial charge on any atom is 0.134 e. The molecule has 0 aromatic heterocycles. The van der Waals surface area contributed by atoms with Gasteiger partial charge >= 0.3 is 0 Å².